The van der Waals surface area contributed by atoms with Crippen LogP contribution in [0.25, 0.3) is 10.2 Å². The first-order valence-corrected chi connectivity index (χ1v) is 14.4. The molecule has 1 atom stereocenters. The van der Waals surface area contributed by atoms with E-state index >= 15 is 0 Å². The maximum atomic E-state index is 13.3. The lowest BCUT2D eigenvalue weighted by Gasteiger charge is -2.23. The number of amides is 1. The Morgan fingerprint density at radius 1 is 1.24 bits per heavy atom. The van der Waals surface area contributed by atoms with E-state index in [0.29, 0.717) is 29.2 Å². The van der Waals surface area contributed by atoms with Crippen molar-refractivity contribution >= 4 is 54.0 Å². The maximum Gasteiger partial charge on any atom is 0.228 e. The highest BCUT2D eigenvalue weighted by Crippen LogP contribution is 2.34. The number of ether oxygens (including phenoxy) is 1. The summed E-state index contributed by atoms with van der Waals surface area (Å²) in [5.74, 6) is 0.0804. The van der Waals surface area contributed by atoms with E-state index in [1.165, 1.54) is 23.5 Å². The third-order valence-electron chi connectivity index (χ3n) is 5.98. The van der Waals surface area contributed by atoms with Crippen molar-refractivity contribution in [2.45, 2.75) is 56.4 Å². The molecule has 1 unspecified atom stereocenters. The quantitative estimate of drug-likeness (QED) is 0.354. The highest BCUT2D eigenvalue weighted by atomic mass is 35.5. The van der Waals surface area contributed by atoms with Crippen LogP contribution < -0.4 is 4.90 Å². The molecule has 0 N–H and O–H groups in total. The van der Waals surface area contributed by atoms with Gasteiger partial charge in [-0.05, 0) is 61.1 Å². The molecule has 182 valence electrons. The minimum atomic E-state index is -3.49. The zero-order valence-electron chi connectivity index (χ0n) is 19.4. The number of benzene rings is 2. The van der Waals surface area contributed by atoms with Crippen molar-refractivity contribution < 1.29 is 17.9 Å². The fourth-order valence-corrected chi connectivity index (χ4v) is 6.59. The van der Waals surface area contributed by atoms with Crippen molar-refractivity contribution in [1.82, 2.24) is 4.98 Å². The molecule has 0 saturated carbocycles. The standard InChI is InChI=1S/C25H29ClN2O4S2/c1-17(2)21-7-3-8-22-24(21)27-25(33-22)28(16-19-6-4-14-32-19)23(29)9-5-15-34(30,31)20-12-10-18(26)11-13-20/h3,7-8,10-13,17,19H,4-6,9,14-16H2,1-2H3. The first-order chi connectivity index (χ1) is 16.2. The van der Waals surface area contributed by atoms with E-state index in [-0.39, 0.29) is 35.5 Å². The Bertz CT molecular complexity index is 1250. The lowest BCUT2D eigenvalue weighted by atomic mass is 10.0. The molecular weight excluding hydrogens is 492 g/mol. The molecule has 0 bridgehead atoms. The average Bonchev–Trinajstić information content (AvgIpc) is 3.46. The number of rotatable bonds is 9. The minimum Gasteiger partial charge on any atom is -0.376 e. The van der Waals surface area contributed by atoms with Gasteiger partial charge in [-0.1, -0.05) is 48.9 Å². The SMILES string of the molecule is CC(C)c1cccc2sc(N(CC3CCCO3)C(=O)CCCS(=O)(=O)c3ccc(Cl)cc3)nc12. The summed E-state index contributed by atoms with van der Waals surface area (Å²) in [4.78, 5) is 20.1. The highest BCUT2D eigenvalue weighted by molar-refractivity contribution is 7.91. The number of aromatic nitrogens is 1. The van der Waals surface area contributed by atoms with Gasteiger partial charge in [0.2, 0.25) is 5.91 Å². The normalized spacial score (nSPS) is 16.4. The monoisotopic (exact) mass is 520 g/mol. The Morgan fingerprint density at radius 2 is 2.00 bits per heavy atom. The number of anilines is 1. The predicted molar refractivity (Wildman–Crippen MR) is 138 cm³/mol. The van der Waals surface area contributed by atoms with Crippen molar-refractivity contribution in [2.75, 3.05) is 23.8 Å². The van der Waals surface area contributed by atoms with Crippen LogP contribution in [0.4, 0.5) is 5.13 Å². The van der Waals surface area contributed by atoms with E-state index in [1.54, 1.807) is 17.0 Å². The lowest BCUT2D eigenvalue weighted by molar-refractivity contribution is -0.119. The largest absolute Gasteiger partial charge is 0.376 e. The molecule has 1 fully saturated rings. The number of sulfone groups is 1. The summed E-state index contributed by atoms with van der Waals surface area (Å²) in [6.07, 6.45) is 2.19. The number of halogens is 1. The third kappa shape index (κ3) is 5.79. The molecule has 1 aliphatic heterocycles. The number of hydrogen-bond acceptors (Lipinski definition) is 6. The Morgan fingerprint density at radius 3 is 2.68 bits per heavy atom. The van der Waals surface area contributed by atoms with Gasteiger partial charge in [-0.3, -0.25) is 9.69 Å². The van der Waals surface area contributed by atoms with E-state index < -0.39 is 9.84 Å². The first-order valence-electron chi connectivity index (χ1n) is 11.5. The van der Waals surface area contributed by atoms with Crippen LogP contribution in [-0.2, 0) is 19.4 Å². The van der Waals surface area contributed by atoms with Crippen molar-refractivity contribution in [3.05, 3.63) is 53.1 Å². The van der Waals surface area contributed by atoms with Crippen LogP contribution in [0, 0.1) is 0 Å². The topological polar surface area (TPSA) is 76.6 Å². The molecule has 4 rings (SSSR count). The summed E-state index contributed by atoms with van der Waals surface area (Å²) in [5, 5.41) is 1.12. The summed E-state index contributed by atoms with van der Waals surface area (Å²) in [5.41, 5.74) is 2.08. The van der Waals surface area contributed by atoms with Crippen LogP contribution in [0.1, 0.15) is 51.0 Å². The molecule has 2 aromatic carbocycles. The van der Waals surface area contributed by atoms with Crippen molar-refractivity contribution in [3.8, 4) is 0 Å². The Kier molecular flexibility index (Phi) is 7.92. The summed E-state index contributed by atoms with van der Waals surface area (Å²) in [6.45, 7) is 5.39. The van der Waals surface area contributed by atoms with Crippen LogP contribution in [0.15, 0.2) is 47.4 Å². The fraction of sp³-hybridized carbons (Fsp3) is 0.440. The van der Waals surface area contributed by atoms with Crippen molar-refractivity contribution in [2.24, 2.45) is 0 Å². The summed E-state index contributed by atoms with van der Waals surface area (Å²) >= 11 is 7.36. The maximum absolute atomic E-state index is 13.3. The van der Waals surface area contributed by atoms with E-state index in [1.807, 2.05) is 12.1 Å². The number of fused-ring (bicyclic) bond motifs is 1. The van der Waals surface area contributed by atoms with Gasteiger partial charge < -0.3 is 4.74 Å². The summed E-state index contributed by atoms with van der Waals surface area (Å²) in [7, 11) is -3.49. The Balaban J connectivity index is 1.51. The molecule has 1 saturated heterocycles. The van der Waals surface area contributed by atoms with Gasteiger partial charge in [-0.25, -0.2) is 13.4 Å². The van der Waals surface area contributed by atoms with Gasteiger partial charge in [-0.2, -0.15) is 0 Å². The molecule has 0 aliphatic carbocycles. The molecular formula is C25H29ClN2O4S2. The Labute approximate surface area is 209 Å². The summed E-state index contributed by atoms with van der Waals surface area (Å²) < 4.78 is 32.2. The first kappa shape index (κ1) is 25.1. The van der Waals surface area contributed by atoms with Crippen LogP contribution in [-0.4, -0.2) is 44.3 Å². The lowest BCUT2D eigenvalue weighted by Crippen LogP contribution is -2.37. The predicted octanol–water partition coefficient (Wildman–Crippen LogP) is 5.84. The van der Waals surface area contributed by atoms with Gasteiger partial charge in [0.1, 0.15) is 0 Å². The second-order valence-electron chi connectivity index (χ2n) is 8.86. The second-order valence-corrected chi connectivity index (χ2v) is 12.4. The number of para-hydroxylation sites is 1. The van der Waals surface area contributed by atoms with Gasteiger partial charge in [0.05, 0.1) is 33.5 Å². The van der Waals surface area contributed by atoms with Crippen molar-refractivity contribution in [3.63, 3.8) is 0 Å². The molecule has 1 aliphatic rings. The van der Waals surface area contributed by atoms with Gasteiger partial charge in [0.15, 0.2) is 15.0 Å². The van der Waals surface area contributed by atoms with E-state index in [9.17, 15) is 13.2 Å². The average molecular weight is 521 g/mol. The molecule has 1 aromatic heterocycles. The van der Waals surface area contributed by atoms with Gasteiger partial charge in [0.25, 0.3) is 0 Å². The van der Waals surface area contributed by atoms with Gasteiger partial charge >= 0.3 is 0 Å². The van der Waals surface area contributed by atoms with Crippen LogP contribution in [0.3, 0.4) is 0 Å². The van der Waals surface area contributed by atoms with Gasteiger partial charge in [0, 0.05) is 18.1 Å². The molecule has 0 radical (unpaired) electrons. The zero-order chi connectivity index (χ0) is 24.3. The number of carbonyl (C=O) groups is 1. The minimum absolute atomic E-state index is 0.0293. The molecule has 3 aromatic rings. The van der Waals surface area contributed by atoms with Gasteiger partial charge in [-0.15, -0.1) is 0 Å². The van der Waals surface area contributed by atoms with Crippen molar-refractivity contribution in [1.29, 1.82) is 0 Å². The molecule has 2 heterocycles. The number of thiazole rings is 1. The van der Waals surface area contributed by atoms with Crippen LogP contribution >= 0.6 is 22.9 Å². The molecule has 1 amide bonds. The zero-order valence-corrected chi connectivity index (χ0v) is 21.8. The number of carbonyl (C=O) groups excluding carboxylic acids is 1. The Hall–Kier alpha value is -2.00. The molecule has 0 spiro atoms. The number of nitrogens with zero attached hydrogens (tertiary/aromatic N) is 2. The molecule has 9 heteroatoms. The molecule has 6 nitrogen and oxygen atoms in total. The number of hydrogen-bond donors (Lipinski definition) is 0. The fourth-order valence-electron chi connectivity index (χ4n) is 4.13. The van der Waals surface area contributed by atoms with Crippen LogP contribution in [0.2, 0.25) is 5.02 Å². The van der Waals surface area contributed by atoms with Crippen LogP contribution in [0.5, 0.6) is 0 Å². The highest BCUT2D eigenvalue weighted by Gasteiger charge is 2.27. The third-order valence-corrected chi connectivity index (χ3v) is 9.09. The van der Waals surface area contributed by atoms with E-state index in [2.05, 4.69) is 19.9 Å². The molecule has 34 heavy (non-hydrogen) atoms. The summed E-state index contributed by atoms with van der Waals surface area (Å²) in [6, 6.07) is 12.2. The second kappa shape index (κ2) is 10.7. The van der Waals surface area contributed by atoms with E-state index in [0.717, 1.165) is 28.6 Å². The van der Waals surface area contributed by atoms with E-state index in [4.69, 9.17) is 21.3 Å². The smallest absolute Gasteiger partial charge is 0.228 e.